The zero-order valence-electron chi connectivity index (χ0n) is 20.2. The minimum absolute atomic E-state index is 0.0832. The molecule has 6 nitrogen and oxygen atoms in total. The molecule has 2 heterocycles. The van der Waals surface area contributed by atoms with Gasteiger partial charge in [-0.05, 0) is 68.0 Å². The number of methoxy groups -OCH3 is 2. The van der Waals surface area contributed by atoms with E-state index in [9.17, 15) is 13.6 Å². The number of piperidine rings is 1. The fourth-order valence-electron chi connectivity index (χ4n) is 4.96. The highest BCUT2D eigenvalue weighted by atomic mass is 35.5. The molecule has 190 valence electrons. The molecule has 1 saturated carbocycles. The van der Waals surface area contributed by atoms with E-state index in [-0.39, 0.29) is 11.9 Å². The standard InChI is InChI=1S/C26H32ClF2N3O3/c1-34-11-3-4-19-12-17(22(27)15-31-19)16-32(20-6-7-20)25(33)21-14-30-10-9-26(21,35-2)18-5-8-23(28)24(29)13-18/h5,8,12-13,15,20-21,30H,3-4,6-7,9-11,14,16H2,1-2H3/t21-,26+/m1/s1. The first kappa shape index (κ1) is 25.9. The van der Waals surface area contributed by atoms with Gasteiger partial charge in [-0.25, -0.2) is 8.78 Å². The van der Waals surface area contributed by atoms with Crippen LogP contribution >= 0.6 is 11.6 Å². The number of ether oxygens (including phenoxy) is 2. The SMILES string of the molecule is COCCCc1cc(CN(C(=O)[C@H]2CNCC[C@]2(OC)c2ccc(F)c(F)c2)C2CC2)c(Cl)cn1. The van der Waals surface area contributed by atoms with Crippen molar-refractivity contribution in [1.82, 2.24) is 15.2 Å². The smallest absolute Gasteiger partial charge is 0.230 e. The molecule has 1 N–H and O–H groups in total. The van der Waals surface area contributed by atoms with E-state index in [1.54, 1.807) is 13.3 Å². The zero-order chi connectivity index (χ0) is 25.0. The van der Waals surface area contributed by atoms with Crippen LogP contribution in [0.2, 0.25) is 5.02 Å². The fourth-order valence-corrected chi connectivity index (χ4v) is 5.12. The normalized spacial score (nSPS) is 22.3. The van der Waals surface area contributed by atoms with Crippen molar-refractivity contribution in [2.75, 3.05) is 33.9 Å². The number of aromatic nitrogens is 1. The van der Waals surface area contributed by atoms with E-state index in [4.69, 9.17) is 21.1 Å². The van der Waals surface area contributed by atoms with E-state index in [1.165, 1.54) is 13.2 Å². The van der Waals surface area contributed by atoms with Crippen LogP contribution in [0.25, 0.3) is 0 Å². The first-order valence-electron chi connectivity index (χ1n) is 12.0. The molecule has 4 rings (SSSR count). The number of halogens is 3. The van der Waals surface area contributed by atoms with Crippen molar-refractivity contribution in [3.05, 3.63) is 63.9 Å². The van der Waals surface area contributed by atoms with Gasteiger partial charge in [-0.2, -0.15) is 0 Å². The Labute approximate surface area is 210 Å². The van der Waals surface area contributed by atoms with Gasteiger partial charge in [0, 0.05) is 51.8 Å². The number of aryl methyl sites for hydroxylation is 1. The van der Waals surface area contributed by atoms with Gasteiger partial charge >= 0.3 is 0 Å². The lowest BCUT2D eigenvalue weighted by atomic mass is 9.75. The number of hydrogen-bond donors (Lipinski definition) is 1. The highest BCUT2D eigenvalue weighted by Gasteiger charge is 2.50. The molecule has 2 aromatic rings. The number of carbonyl (C=O) groups is 1. The third-order valence-corrected chi connectivity index (χ3v) is 7.38. The lowest BCUT2D eigenvalue weighted by Gasteiger charge is -2.44. The maximum Gasteiger partial charge on any atom is 0.230 e. The Morgan fingerprint density at radius 1 is 1.26 bits per heavy atom. The van der Waals surface area contributed by atoms with Gasteiger partial charge in [0.15, 0.2) is 11.6 Å². The highest BCUT2D eigenvalue weighted by molar-refractivity contribution is 6.31. The van der Waals surface area contributed by atoms with Gasteiger partial charge in [0.1, 0.15) is 5.60 Å². The van der Waals surface area contributed by atoms with Crippen molar-refractivity contribution in [3.63, 3.8) is 0 Å². The van der Waals surface area contributed by atoms with Crippen molar-refractivity contribution in [1.29, 1.82) is 0 Å². The Hall–Kier alpha value is -2.13. The molecule has 1 aromatic heterocycles. The van der Waals surface area contributed by atoms with Gasteiger partial charge in [-0.3, -0.25) is 9.78 Å². The number of carbonyl (C=O) groups excluding carboxylic acids is 1. The van der Waals surface area contributed by atoms with E-state index >= 15 is 0 Å². The largest absolute Gasteiger partial charge is 0.385 e. The lowest BCUT2D eigenvalue weighted by molar-refractivity contribution is -0.155. The van der Waals surface area contributed by atoms with Gasteiger partial charge in [0.2, 0.25) is 5.91 Å². The van der Waals surface area contributed by atoms with E-state index < -0.39 is 23.2 Å². The summed E-state index contributed by atoms with van der Waals surface area (Å²) in [4.78, 5) is 20.3. The summed E-state index contributed by atoms with van der Waals surface area (Å²) in [5.74, 6) is -2.56. The third kappa shape index (κ3) is 5.66. The van der Waals surface area contributed by atoms with Crippen LogP contribution in [0.15, 0.2) is 30.5 Å². The summed E-state index contributed by atoms with van der Waals surface area (Å²) in [6, 6.07) is 5.83. The molecule has 0 spiro atoms. The average Bonchev–Trinajstić information content (AvgIpc) is 3.71. The molecule has 2 aliphatic rings. The lowest BCUT2D eigenvalue weighted by Crippen LogP contribution is -2.56. The summed E-state index contributed by atoms with van der Waals surface area (Å²) in [6.45, 7) is 1.97. The molecule has 1 saturated heterocycles. The average molecular weight is 508 g/mol. The molecule has 0 bridgehead atoms. The molecule has 1 aliphatic carbocycles. The second-order valence-corrected chi connectivity index (χ2v) is 9.70. The predicted octanol–water partition coefficient (Wildman–Crippen LogP) is 4.23. The molecule has 1 aromatic carbocycles. The van der Waals surface area contributed by atoms with E-state index in [0.717, 1.165) is 49.1 Å². The van der Waals surface area contributed by atoms with Crippen molar-refractivity contribution in [2.45, 2.75) is 50.3 Å². The molecule has 35 heavy (non-hydrogen) atoms. The van der Waals surface area contributed by atoms with Gasteiger partial charge in [-0.15, -0.1) is 0 Å². The summed E-state index contributed by atoms with van der Waals surface area (Å²) >= 11 is 6.49. The first-order chi connectivity index (χ1) is 16.9. The summed E-state index contributed by atoms with van der Waals surface area (Å²) in [5.41, 5.74) is 1.15. The number of nitrogens with one attached hydrogen (secondary N) is 1. The van der Waals surface area contributed by atoms with Crippen LogP contribution in [-0.4, -0.2) is 55.7 Å². The van der Waals surface area contributed by atoms with Crippen LogP contribution in [0, 0.1) is 17.6 Å². The molecule has 9 heteroatoms. The number of pyridine rings is 1. The molecule has 2 atom stereocenters. The van der Waals surface area contributed by atoms with Crippen LogP contribution in [0.5, 0.6) is 0 Å². The minimum Gasteiger partial charge on any atom is -0.385 e. The summed E-state index contributed by atoms with van der Waals surface area (Å²) in [6.07, 6.45) is 5.53. The van der Waals surface area contributed by atoms with Crippen molar-refractivity contribution in [3.8, 4) is 0 Å². The van der Waals surface area contributed by atoms with Gasteiger partial charge in [0.05, 0.1) is 10.9 Å². The predicted molar refractivity (Wildman–Crippen MR) is 129 cm³/mol. The molecule has 0 radical (unpaired) electrons. The number of amides is 1. The van der Waals surface area contributed by atoms with E-state index in [0.29, 0.717) is 43.2 Å². The summed E-state index contributed by atoms with van der Waals surface area (Å²) < 4.78 is 39.0. The van der Waals surface area contributed by atoms with Crippen molar-refractivity contribution in [2.24, 2.45) is 5.92 Å². The molecule has 1 amide bonds. The monoisotopic (exact) mass is 507 g/mol. The quantitative estimate of drug-likeness (QED) is 0.487. The number of hydrogen-bond acceptors (Lipinski definition) is 5. The van der Waals surface area contributed by atoms with E-state index in [1.807, 2.05) is 11.0 Å². The number of nitrogens with zero attached hydrogens (tertiary/aromatic N) is 2. The second-order valence-electron chi connectivity index (χ2n) is 9.29. The highest BCUT2D eigenvalue weighted by Crippen LogP contribution is 2.42. The molecule has 0 unspecified atom stereocenters. The van der Waals surface area contributed by atoms with Crippen LogP contribution in [0.1, 0.15) is 42.5 Å². The fraction of sp³-hybridized carbons (Fsp3) is 0.538. The molecule has 2 fully saturated rings. The van der Waals surface area contributed by atoms with Crippen molar-refractivity contribution < 1.29 is 23.0 Å². The Balaban J connectivity index is 1.62. The number of benzene rings is 1. The Kier molecular flexibility index (Phi) is 8.37. The zero-order valence-corrected chi connectivity index (χ0v) is 20.9. The third-order valence-electron chi connectivity index (χ3n) is 7.04. The Morgan fingerprint density at radius 3 is 2.74 bits per heavy atom. The first-order valence-corrected chi connectivity index (χ1v) is 12.4. The van der Waals surface area contributed by atoms with Crippen LogP contribution < -0.4 is 5.32 Å². The van der Waals surface area contributed by atoms with Crippen LogP contribution in [-0.2, 0) is 32.8 Å². The Morgan fingerprint density at radius 2 is 2.06 bits per heavy atom. The van der Waals surface area contributed by atoms with Crippen molar-refractivity contribution >= 4 is 17.5 Å². The van der Waals surface area contributed by atoms with E-state index in [2.05, 4.69) is 10.3 Å². The molecular formula is C26H32ClF2N3O3. The maximum atomic E-state index is 14.2. The minimum atomic E-state index is -1.06. The maximum absolute atomic E-state index is 14.2. The topological polar surface area (TPSA) is 63.7 Å². The summed E-state index contributed by atoms with van der Waals surface area (Å²) in [5, 5.41) is 3.80. The van der Waals surface area contributed by atoms with Gasteiger partial charge < -0.3 is 19.7 Å². The summed E-state index contributed by atoms with van der Waals surface area (Å²) in [7, 11) is 3.20. The number of rotatable bonds is 10. The van der Waals surface area contributed by atoms with Gasteiger partial charge in [-0.1, -0.05) is 17.7 Å². The van der Waals surface area contributed by atoms with Gasteiger partial charge in [0.25, 0.3) is 0 Å². The molecule has 1 aliphatic heterocycles. The Bertz CT molecular complexity index is 1050. The molecular weight excluding hydrogens is 476 g/mol. The van der Waals surface area contributed by atoms with Crippen LogP contribution in [0.4, 0.5) is 8.78 Å². The van der Waals surface area contributed by atoms with Crippen LogP contribution in [0.3, 0.4) is 0 Å². The second kappa shape index (κ2) is 11.3.